The number of aromatic carboxylic acids is 1. The van der Waals surface area contributed by atoms with E-state index in [2.05, 4.69) is 19.2 Å². The van der Waals surface area contributed by atoms with Crippen molar-refractivity contribution in [1.29, 1.82) is 0 Å². The Morgan fingerprint density at radius 2 is 2.19 bits per heavy atom. The first-order chi connectivity index (χ1) is 9.91. The lowest BCUT2D eigenvalue weighted by atomic mass is 9.55. The Balaban J connectivity index is 1.83. The minimum absolute atomic E-state index is 0.0801. The zero-order valence-corrected chi connectivity index (χ0v) is 12.8. The molecule has 0 radical (unpaired) electrons. The van der Waals surface area contributed by atoms with Crippen molar-refractivity contribution < 1.29 is 14.6 Å². The van der Waals surface area contributed by atoms with E-state index in [1.54, 1.807) is 12.1 Å². The van der Waals surface area contributed by atoms with E-state index in [0.29, 0.717) is 23.6 Å². The predicted molar refractivity (Wildman–Crippen MR) is 81.8 cm³/mol. The maximum Gasteiger partial charge on any atom is 0.335 e. The number of anilines is 1. The molecular weight excluding hydrogens is 266 g/mol. The number of hydrogen-bond acceptors (Lipinski definition) is 3. The molecule has 1 heterocycles. The molecule has 0 aromatic heterocycles. The number of hydrogen-bond donors (Lipinski definition) is 2. The van der Waals surface area contributed by atoms with Crippen molar-refractivity contribution in [2.45, 2.75) is 45.8 Å². The molecule has 4 heteroatoms. The average Bonchev–Trinajstić information content (AvgIpc) is 2.46. The highest BCUT2D eigenvalue weighted by Crippen LogP contribution is 2.52. The largest absolute Gasteiger partial charge is 0.478 e. The van der Waals surface area contributed by atoms with Gasteiger partial charge in [-0.25, -0.2) is 4.79 Å². The minimum atomic E-state index is -0.884. The first-order valence-corrected chi connectivity index (χ1v) is 7.63. The molecule has 3 unspecified atom stereocenters. The van der Waals surface area contributed by atoms with Crippen molar-refractivity contribution in [3.63, 3.8) is 0 Å². The van der Waals surface area contributed by atoms with Gasteiger partial charge < -0.3 is 15.2 Å². The van der Waals surface area contributed by atoms with E-state index in [4.69, 9.17) is 9.84 Å². The van der Waals surface area contributed by atoms with Gasteiger partial charge in [-0.15, -0.1) is 0 Å². The predicted octanol–water partition coefficient (Wildman–Crippen LogP) is 3.31. The summed E-state index contributed by atoms with van der Waals surface area (Å²) >= 11 is 0. The molecule has 0 amide bonds. The lowest BCUT2D eigenvalue weighted by Crippen LogP contribution is -2.67. The van der Waals surface area contributed by atoms with Gasteiger partial charge in [0.15, 0.2) is 0 Å². The number of benzene rings is 1. The topological polar surface area (TPSA) is 58.6 Å². The molecule has 1 saturated carbocycles. The molecule has 1 aliphatic carbocycles. The Hall–Kier alpha value is -1.55. The number of carbonyl (C=O) groups is 1. The summed E-state index contributed by atoms with van der Waals surface area (Å²) < 4.78 is 5.92. The number of fused-ring (bicyclic) bond motifs is 1. The molecule has 2 aliphatic rings. The molecule has 0 bridgehead atoms. The first kappa shape index (κ1) is 14.4. The summed E-state index contributed by atoms with van der Waals surface area (Å²) in [6.07, 6.45) is 2.62. The van der Waals surface area contributed by atoms with Crippen LogP contribution in [0.3, 0.4) is 0 Å². The molecule has 114 valence electrons. The van der Waals surface area contributed by atoms with Crippen LogP contribution in [0.25, 0.3) is 0 Å². The monoisotopic (exact) mass is 289 g/mol. The highest BCUT2D eigenvalue weighted by molar-refractivity contribution is 5.89. The van der Waals surface area contributed by atoms with Crippen LogP contribution in [0.1, 0.15) is 42.6 Å². The Bertz CT molecular complexity index is 567. The van der Waals surface area contributed by atoms with Gasteiger partial charge in [0.1, 0.15) is 0 Å². The van der Waals surface area contributed by atoms with Gasteiger partial charge in [-0.05, 0) is 37.5 Å². The second kappa shape index (κ2) is 5.02. The van der Waals surface area contributed by atoms with Crippen LogP contribution >= 0.6 is 0 Å². The Morgan fingerprint density at radius 3 is 2.90 bits per heavy atom. The maximum absolute atomic E-state index is 11.1. The molecule has 21 heavy (non-hydrogen) atoms. The van der Waals surface area contributed by atoms with E-state index < -0.39 is 5.97 Å². The maximum atomic E-state index is 11.1. The van der Waals surface area contributed by atoms with E-state index in [1.807, 2.05) is 13.0 Å². The summed E-state index contributed by atoms with van der Waals surface area (Å²) in [4.78, 5) is 11.1. The summed E-state index contributed by atoms with van der Waals surface area (Å²) in [7, 11) is 0. The van der Waals surface area contributed by atoms with Gasteiger partial charge in [-0.1, -0.05) is 19.9 Å². The number of rotatable bonds is 3. The number of ether oxygens (including phenoxy) is 1. The molecule has 1 aliphatic heterocycles. The van der Waals surface area contributed by atoms with E-state index in [9.17, 15) is 4.79 Å². The van der Waals surface area contributed by atoms with Gasteiger partial charge in [0, 0.05) is 29.7 Å². The van der Waals surface area contributed by atoms with Gasteiger partial charge in [0.05, 0.1) is 11.7 Å². The number of carboxylic acid groups (broad SMARTS) is 1. The van der Waals surface area contributed by atoms with Crippen LogP contribution in [0.4, 0.5) is 5.69 Å². The van der Waals surface area contributed by atoms with Crippen molar-refractivity contribution in [1.82, 2.24) is 0 Å². The summed E-state index contributed by atoms with van der Waals surface area (Å²) in [5.41, 5.74) is 2.42. The molecule has 1 aromatic carbocycles. The van der Waals surface area contributed by atoms with Crippen molar-refractivity contribution in [2.24, 2.45) is 11.3 Å². The van der Waals surface area contributed by atoms with Crippen LogP contribution in [0, 0.1) is 18.3 Å². The van der Waals surface area contributed by atoms with Crippen molar-refractivity contribution >= 4 is 11.7 Å². The summed E-state index contributed by atoms with van der Waals surface area (Å²) in [6, 6.07) is 5.60. The fraction of sp³-hybridized carbons (Fsp3) is 0.588. The lowest BCUT2D eigenvalue weighted by molar-refractivity contribution is -0.177. The third-order valence-electron chi connectivity index (χ3n) is 5.13. The van der Waals surface area contributed by atoms with Crippen LogP contribution in [0.15, 0.2) is 18.2 Å². The van der Waals surface area contributed by atoms with Crippen LogP contribution < -0.4 is 5.32 Å². The fourth-order valence-corrected chi connectivity index (χ4v) is 3.89. The van der Waals surface area contributed by atoms with E-state index in [0.717, 1.165) is 24.3 Å². The second-order valence-corrected chi connectivity index (χ2v) is 6.88. The molecule has 0 spiro atoms. The average molecular weight is 289 g/mol. The summed E-state index contributed by atoms with van der Waals surface area (Å²) in [5.74, 6) is -0.355. The van der Waals surface area contributed by atoms with Crippen molar-refractivity contribution in [3.8, 4) is 0 Å². The van der Waals surface area contributed by atoms with Crippen LogP contribution in [0.5, 0.6) is 0 Å². The molecule has 3 rings (SSSR count). The zero-order chi connectivity index (χ0) is 15.2. The van der Waals surface area contributed by atoms with Gasteiger partial charge in [0.2, 0.25) is 0 Å². The Morgan fingerprint density at radius 1 is 1.43 bits per heavy atom. The van der Waals surface area contributed by atoms with Crippen LogP contribution in [0.2, 0.25) is 0 Å². The standard InChI is InChI=1S/C17H23NO3/c1-10-6-7-11(16(19)20)9-13(10)18-14-12-5-4-8-21-15(12)17(14,2)3/h6-7,9,12,14-15,18H,4-5,8H2,1-3H3,(H,19,20). The van der Waals surface area contributed by atoms with Gasteiger partial charge >= 0.3 is 5.97 Å². The van der Waals surface area contributed by atoms with Gasteiger partial charge in [-0.3, -0.25) is 0 Å². The van der Waals surface area contributed by atoms with Crippen LogP contribution in [-0.2, 0) is 4.74 Å². The van der Waals surface area contributed by atoms with Gasteiger partial charge in [-0.2, -0.15) is 0 Å². The zero-order valence-electron chi connectivity index (χ0n) is 12.8. The minimum Gasteiger partial charge on any atom is -0.478 e. The normalized spacial score (nSPS) is 30.1. The third-order valence-corrected chi connectivity index (χ3v) is 5.13. The molecule has 4 nitrogen and oxygen atoms in total. The Kier molecular flexibility index (Phi) is 3.44. The SMILES string of the molecule is Cc1ccc(C(=O)O)cc1NC1C2CCCOC2C1(C)C. The highest BCUT2D eigenvalue weighted by atomic mass is 16.5. The molecule has 3 atom stereocenters. The van der Waals surface area contributed by atoms with Crippen LogP contribution in [-0.4, -0.2) is 29.8 Å². The fourth-order valence-electron chi connectivity index (χ4n) is 3.89. The van der Waals surface area contributed by atoms with Crippen molar-refractivity contribution in [2.75, 3.05) is 11.9 Å². The first-order valence-electron chi connectivity index (χ1n) is 7.63. The second-order valence-electron chi connectivity index (χ2n) is 6.88. The number of aryl methyl sites for hydroxylation is 1. The van der Waals surface area contributed by atoms with Gasteiger partial charge in [0.25, 0.3) is 0 Å². The molecule has 2 N–H and O–H groups in total. The smallest absolute Gasteiger partial charge is 0.335 e. The molecular formula is C17H23NO3. The summed E-state index contributed by atoms with van der Waals surface area (Å²) in [5, 5.41) is 12.7. The molecule has 1 saturated heterocycles. The highest BCUT2D eigenvalue weighted by Gasteiger charge is 2.57. The van der Waals surface area contributed by atoms with E-state index in [1.165, 1.54) is 6.42 Å². The number of carboxylic acids is 1. The van der Waals surface area contributed by atoms with E-state index >= 15 is 0 Å². The van der Waals surface area contributed by atoms with Crippen molar-refractivity contribution in [3.05, 3.63) is 29.3 Å². The van der Waals surface area contributed by atoms with E-state index in [-0.39, 0.29) is 5.41 Å². The molecule has 1 aromatic rings. The number of nitrogens with one attached hydrogen (secondary N) is 1. The third kappa shape index (κ3) is 2.31. The lowest BCUT2D eigenvalue weighted by Gasteiger charge is -2.60. The Labute approximate surface area is 125 Å². The summed E-state index contributed by atoms with van der Waals surface area (Å²) in [6.45, 7) is 7.33. The quantitative estimate of drug-likeness (QED) is 0.896. The molecule has 2 fully saturated rings.